The maximum absolute atomic E-state index is 5.93. The van der Waals surface area contributed by atoms with E-state index >= 15 is 0 Å². The van der Waals surface area contributed by atoms with E-state index in [4.69, 9.17) is 4.74 Å². The molecule has 0 amide bonds. The summed E-state index contributed by atoms with van der Waals surface area (Å²) in [6.07, 6.45) is 2.34. The monoisotopic (exact) mass is 308 g/mol. The summed E-state index contributed by atoms with van der Waals surface area (Å²) in [5.41, 5.74) is 3.23. The zero-order valence-electron chi connectivity index (χ0n) is 11.6. The Morgan fingerprint density at radius 1 is 1.28 bits per heavy atom. The maximum Gasteiger partial charge on any atom is 0.123 e. The van der Waals surface area contributed by atoms with Crippen LogP contribution >= 0.6 is 15.9 Å². The number of rotatable bonds is 2. The van der Waals surface area contributed by atoms with Crippen LogP contribution in [0, 0.1) is 11.3 Å². The van der Waals surface area contributed by atoms with Crippen molar-refractivity contribution in [2.45, 2.75) is 51.0 Å². The third-order valence-corrected chi connectivity index (χ3v) is 5.52. The zero-order chi connectivity index (χ0) is 13.1. The number of alkyl halides is 1. The van der Waals surface area contributed by atoms with Crippen LogP contribution in [0.25, 0.3) is 0 Å². The Balaban J connectivity index is 1.84. The highest BCUT2D eigenvalue weighted by Gasteiger charge is 2.49. The summed E-state index contributed by atoms with van der Waals surface area (Å²) in [7, 11) is 0. The van der Waals surface area contributed by atoms with Gasteiger partial charge in [0.15, 0.2) is 0 Å². The lowest BCUT2D eigenvalue weighted by Crippen LogP contribution is -2.24. The van der Waals surface area contributed by atoms with Crippen LogP contribution in [0.1, 0.15) is 50.1 Å². The molecule has 1 heterocycles. The van der Waals surface area contributed by atoms with Crippen molar-refractivity contribution < 1.29 is 4.74 Å². The number of hydrogen-bond donors (Lipinski definition) is 0. The second-order valence-corrected chi connectivity index (χ2v) is 8.09. The lowest BCUT2D eigenvalue weighted by atomic mass is 9.97. The fourth-order valence-corrected chi connectivity index (χ4v) is 4.23. The van der Waals surface area contributed by atoms with E-state index in [1.165, 1.54) is 17.5 Å². The first kappa shape index (κ1) is 12.5. The van der Waals surface area contributed by atoms with Crippen molar-refractivity contribution in [3.63, 3.8) is 0 Å². The summed E-state index contributed by atoms with van der Waals surface area (Å²) in [6.45, 7) is 9.02. The first-order valence-corrected chi connectivity index (χ1v) is 7.66. The maximum atomic E-state index is 5.93. The van der Waals surface area contributed by atoms with E-state index in [0.29, 0.717) is 10.2 Å². The Labute approximate surface area is 118 Å². The van der Waals surface area contributed by atoms with Crippen molar-refractivity contribution in [2.24, 2.45) is 11.3 Å². The first-order chi connectivity index (χ1) is 8.28. The molecule has 98 valence electrons. The van der Waals surface area contributed by atoms with E-state index in [1.54, 1.807) is 0 Å². The van der Waals surface area contributed by atoms with Crippen LogP contribution in [0.3, 0.4) is 0 Å². The quantitative estimate of drug-likeness (QED) is 0.707. The van der Waals surface area contributed by atoms with Gasteiger partial charge in [0.05, 0.1) is 0 Å². The Morgan fingerprint density at radius 3 is 2.56 bits per heavy atom. The molecule has 0 N–H and O–H groups in total. The first-order valence-electron chi connectivity index (χ1n) is 6.74. The van der Waals surface area contributed by atoms with E-state index in [1.807, 2.05) is 0 Å². The van der Waals surface area contributed by atoms with Crippen LogP contribution in [-0.4, -0.2) is 5.60 Å². The van der Waals surface area contributed by atoms with E-state index in [-0.39, 0.29) is 5.60 Å². The molecule has 2 atom stereocenters. The zero-order valence-corrected chi connectivity index (χ0v) is 13.2. The van der Waals surface area contributed by atoms with Crippen LogP contribution in [0.15, 0.2) is 18.2 Å². The van der Waals surface area contributed by atoms with E-state index in [0.717, 1.165) is 18.1 Å². The number of fused-ring (bicyclic) bond motifs is 1. The summed E-state index contributed by atoms with van der Waals surface area (Å²) in [5, 5.41) is 0. The van der Waals surface area contributed by atoms with Crippen molar-refractivity contribution >= 4 is 15.9 Å². The van der Waals surface area contributed by atoms with Gasteiger partial charge in [-0.3, -0.25) is 0 Å². The Bertz CT molecular complexity index is 490. The molecular weight excluding hydrogens is 288 g/mol. The Kier molecular flexibility index (Phi) is 2.61. The number of benzene rings is 1. The minimum Gasteiger partial charge on any atom is -0.487 e. The highest BCUT2D eigenvalue weighted by atomic mass is 79.9. The minimum absolute atomic E-state index is 0.0401. The third-order valence-electron chi connectivity index (χ3n) is 4.35. The van der Waals surface area contributed by atoms with E-state index in [9.17, 15) is 0 Å². The van der Waals surface area contributed by atoms with Crippen LogP contribution < -0.4 is 4.74 Å². The highest BCUT2D eigenvalue weighted by molar-refractivity contribution is 9.09. The van der Waals surface area contributed by atoms with Crippen molar-refractivity contribution in [3.8, 4) is 5.75 Å². The highest BCUT2D eigenvalue weighted by Crippen LogP contribution is 2.60. The fourth-order valence-electron chi connectivity index (χ4n) is 3.04. The van der Waals surface area contributed by atoms with Gasteiger partial charge >= 0.3 is 0 Å². The summed E-state index contributed by atoms with van der Waals surface area (Å²) in [6, 6.07) is 6.69. The Morgan fingerprint density at radius 2 is 1.94 bits per heavy atom. The molecule has 0 radical (unpaired) electrons. The number of halogens is 1. The summed E-state index contributed by atoms with van der Waals surface area (Å²) in [4.78, 5) is 0.488. The molecule has 1 aromatic rings. The molecule has 2 unspecified atom stereocenters. The van der Waals surface area contributed by atoms with Gasteiger partial charge in [-0.25, -0.2) is 0 Å². The third kappa shape index (κ3) is 2.09. The van der Waals surface area contributed by atoms with Crippen molar-refractivity contribution in [1.29, 1.82) is 0 Å². The van der Waals surface area contributed by atoms with Gasteiger partial charge in [0.25, 0.3) is 0 Å². The van der Waals surface area contributed by atoms with Gasteiger partial charge in [0, 0.05) is 11.2 Å². The van der Waals surface area contributed by atoms with Crippen molar-refractivity contribution in [2.75, 3.05) is 0 Å². The second-order valence-electron chi connectivity index (χ2n) is 7.11. The summed E-state index contributed by atoms with van der Waals surface area (Å²) >= 11 is 3.88. The van der Waals surface area contributed by atoms with Crippen LogP contribution in [0.4, 0.5) is 0 Å². The normalized spacial score (nSPS) is 28.4. The van der Waals surface area contributed by atoms with E-state index < -0.39 is 0 Å². The number of hydrogen-bond acceptors (Lipinski definition) is 1. The van der Waals surface area contributed by atoms with Gasteiger partial charge in [-0.2, -0.15) is 0 Å². The van der Waals surface area contributed by atoms with Crippen molar-refractivity contribution in [3.05, 3.63) is 29.3 Å². The topological polar surface area (TPSA) is 9.23 Å². The molecule has 1 nitrogen and oxygen atoms in total. The molecule has 3 rings (SSSR count). The van der Waals surface area contributed by atoms with Gasteiger partial charge in [0.1, 0.15) is 11.4 Å². The predicted molar refractivity (Wildman–Crippen MR) is 78.4 cm³/mol. The fraction of sp³-hybridized carbons (Fsp3) is 0.625. The molecule has 2 heteroatoms. The molecule has 0 saturated heterocycles. The molecule has 0 spiro atoms. The smallest absolute Gasteiger partial charge is 0.123 e. The summed E-state index contributed by atoms with van der Waals surface area (Å²) < 4.78 is 5.93. The standard InChI is InChI=1S/C16H21BrO/c1-15(2)9-12(15)14(17)10-5-6-13-11(7-10)8-16(3,4)18-13/h5-7,12,14H,8-9H2,1-4H3. The second kappa shape index (κ2) is 3.75. The lowest BCUT2D eigenvalue weighted by Gasteiger charge is -2.16. The molecule has 2 aliphatic rings. The number of ether oxygens (including phenoxy) is 1. The van der Waals surface area contributed by atoms with Gasteiger partial charge in [-0.05, 0) is 48.8 Å². The molecule has 0 bridgehead atoms. The van der Waals surface area contributed by atoms with Gasteiger partial charge in [-0.1, -0.05) is 41.9 Å². The molecule has 1 aliphatic carbocycles. The Hall–Kier alpha value is -0.500. The molecule has 1 fully saturated rings. The van der Waals surface area contributed by atoms with Crippen LogP contribution in [-0.2, 0) is 6.42 Å². The lowest BCUT2D eigenvalue weighted by molar-refractivity contribution is 0.138. The molecule has 0 aromatic heterocycles. The van der Waals surface area contributed by atoms with Gasteiger partial charge in [0.2, 0.25) is 0 Å². The molecular formula is C16H21BrO. The van der Waals surface area contributed by atoms with Gasteiger partial charge < -0.3 is 4.74 Å². The molecule has 18 heavy (non-hydrogen) atoms. The average molecular weight is 309 g/mol. The molecule has 1 aromatic carbocycles. The summed E-state index contributed by atoms with van der Waals surface area (Å²) in [5.74, 6) is 1.84. The SMILES string of the molecule is CC1(C)Cc2cc(C(Br)C3CC3(C)C)ccc2O1. The van der Waals surface area contributed by atoms with E-state index in [2.05, 4.69) is 61.8 Å². The van der Waals surface area contributed by atoms with Crippen LogP contribution in [0.5, 0.6) is 5.75 Å². The molecule has 1 aliphatic heterocycles. The van der Waals surface area contributed by atoms with Gasteiger partial charge in [-0.15, -0.1) is 0 Å². The van der Waals surface area contributed by atoms with Crippen LogP contribution in [0.2, 0.25) is 0 Å². The minimum atomic E-state index is -0.0401. The van der Waals surface area contributed by atoms with Crippen molar-refractivity contribution in [1.82, 2.24) is 0 Å². The largest absolute Gasteiger partial charge is 0.487 e. The average Bonchev–Trinajstić information content (AvgIpc) is 2.76. The predicted octanol–water partition coefficient (Wildman–Crippen LogP) is 4.88. The molecule has 1 saturated carbocycles.